The fraction of sp³-hybridized carbons (Fsp3) is 1.00. The molecule has 0 aromatic rings. The van der Waals surface area contributed by atoms with Crippen LogP contribution in [-0.4, -0.2) is 15.9 Å². The Bertz CT molecular complexity index is 94.8. The summed E-state index contributed by atoms with van der Waals surface area (Å²) in [6.45, 7) is 8.87. The second-order valence-electron chi connectivity index (χ2n) is 3.48. The van der Waals surface area contributed by atoms with Gasteiger partial charge in [-0.2, -0.15) is 0 Å². The largest absolute Gasteiger partial charge is 0.125 e. The zero-order chi connectivity index (χ0) is 8.91. The van der Waals surface area contributed by atoms with Crippen LogP contribution in [0.1, 0.15) is 34.1 Å². The highest BCUT2D eigenvalue weighted by molar-refractivity contribution is 8.77. The van der Waals surface area contributed by atoms with Gasteiger partial charge in [-0.25, -0.2) is 0 Å². The summed E-state index contributed by atoms with van der Waals surface area (Å²) in [6, 6.07) is 0. The van der Waals surface area contributed by atoms with Crippen molar-refractivity contribution in [3.8, 4) is 0 Å². The number of halogens is 1. The SMILES string of the molecule is CCC(CCl)SSC(C)(C)C. The van der Waals surface area contributed by atoms with Crippen LogP contribution in [0.5, 0.6) is 0 Å². The predicted molar refractivity (Wildman–Crippen MR) is 59.7 cm³/mol. The summed E-state index contributed by atoms with van der Waals surface area (Å²) in [6.07, 6.45) is 1.16. The van der Waals surface area contributed by atoms with Gasteiger partial charge >= 0.3 is 0 Å². The van der Waals surface area contributed by atoms with Gasteiger partial charge in [0.25, 0.3) is 0 Å². The molecule has 0 saturated heterocycles. The van der Waals surface area contributed by atoms with E-state index in [4.69, 9.17) is 11.6 Å². The van der Waals surface area contributed by atoms with E-state index in [1.54, 1.807) is 0 Å². The van der Waals surface area contributed by atoms with E-state index in [-0.39, 0.29) is 0 Å². The summed E-state index contributed by atoms with van der Waals surface area (Å²) in [7, 11) is 3.84. The normalized spacial score (nSPS) is 15.0. The van der Waals surface area contributed by atoms with Crippen LogP contribution in [-0.2, 0) is 0 Å². The highest BCUT2D eigenvalue weighted by atomic mass is 35.5. The molecule has 0 aliphatic rings. The Labute approximate surface area is 83.2 Å². The van der Waals surface area contributed by atoms with E-state index in [1.165, 1.54) is 0 Å². The van der Waals surface area contributed by atoms with Crippen LogP contribution in [0.25, 0.3) is 0 Å². The molecule has 0 aromatic carbocycles. The van der Waals surface area contributed by atoms with Gasteiger partial charge < -0.3 is 0 Å². The molecule has 0 rings (SSSR count). The standard InChI is InChI=1S/C8H17ClS2/c1-5-7(6-9)10-11-8(2,3)4/h7H,5-6H2,1-4H3. The Hall–Kier alpha value is 0.990. The van der Waals surface area contributed by atoms with E-state index < -0.39 is 0 Å². The lowest BCUT2D eigenvalue weighted by Crippen LogP contribution is -2.08. The van der Waals surface area contributed by atoms with Crippen molar-refractivity contribution in [2.45, 2.75) is 44.1 Å². The molecule has 0 fully saturated rings. The summed E-state index contributed by atoms with van der Waals surface area (Å²) < 4.78 is 0.351. The average Bonchev–Trinajstić information content (AvgIpc) is 1.88. The van der Waals surface area contributed by atoms with Crippen molar-refractivity contribution in [2.24, 2.45) is 0 Å². The maximum Gasteiger partial charge on any atom is 0.0350 e. The molecule has 0 N–H and O–H groups in total. The summed E-state index contributed by atoms with van der Waals surface area (Å²) in [5.41, 5.74) is 0. The quantitative estimate of drug-likeness (QED) is 0.507. The van der Waals surface area contributed by atoms with Gasteiger partial charge in [0.1, 0.15) is 0 Å². The highest BCUT2D eigenvalue weighted by Gasteiger charge is 2.14. The third-order valence-corrected chi connectivity index (χ3v) is 5.59. The first kappa shape index (κ1) is 12.0. The molecular formula is C8H17ClS2. The van der Waals surface area contributed by atoms with Crippen LogP contribution in [0.2, 0.25) is 0 Å². The summed E-state index contributed by atoms with van der Waals surface area (Å²) >= 11 is 5.76. The molecule has 0 bridgehead atoms. The minimum absolute atomic E-state index is 0.351. The van der Waals surface area contributed by atoms with Gasteiger partial charge in [0, 0.05) is 15.9 Å². The minimum atomic E-state index is 0.351. The van der Waals surface area contributed by atoms with Gasteiger partial charge in [-0.15, -0.1) is 11.6 Å². The molecule has 0 aliphatic carbocycles. The molecule has 1 atom stereocenters. The monoisotopic (exact) mass is 212 g/mol. The molecule has 0 heterocycles. The Kier molecular flexibility index (Phi) is 6.11. The maximum absolute atomic E-state index is 5.76. The Balaban J connectivity index is 3.51. The molecule has 3 heteroatoms. The average molecular weight is 213 g/mol. The summed E-state index contributed by atoms with van der Waals surface area (Å²) in [5.74, 6) is 0.768. The summed E-state index contributed by atoms with van der Waals surface area (Å²) in [4.78, 5) is 0. The first-order chi connectivity index (χ1) is 4.99. The van der Waals surface area contributed by atoms with E-state index >= 15 is 0 Å². The first-order valence-corrected chi connectivity index (χ1v) is 6.64. The molecule has 0 spiro atoms. The van der Waals surface area contributed by atoms with Crippen molar-refractivity contribution in [1.82, 2.24) is 0 Å². The topological polar surface area (TPSA) is 0 Å². The fourth-order valence-corrected chi connectivity index (χ4v) is 3.55. The molecule has 0 aromatic heterocycles. The van der Waals surface area contributed by atoms with Gasteiger partial charge in [0.15, 0.2) is 0 Å². The van der Waals surface area contributed by atoms with Crippen LogP contribution >= 0.6 is 33.2 Å². The number of hydrogen-bond donors (Lipinski definition) is 0. The number of alkyl halides is 1. The highest BCUT2D eigenvalue weighted by Crippen LogP contribution is 2.39. The number of hydrogen-bond acceptors (Lipinski definition) is 2. The Morgan fingerprint density at radius 2 is 1.91 bits per heavy atom. The molecule has 11 heavy (non-hydrogen) atoms. The van der Waals surface area contributed by atoms with Crippen LogP contribution in [0.15, 0.2) is 0 Å². The molecule has 1 unspecified atom stereocenters. The van der Waals surface area contributed by atoms with E-state index in [2.05, 4.69) is 27.7 Å². The smallest absolute Gasteiger partial charge is 0.0350 e. The van der Waals surface area contributed by atoms with Crippen molar-refractivity contribution in [3.05, 3.63) is 0 Å². The fourth-order valence-electron chi connectivity index (χ4n) is 0.415. The third kappa shape index (κ3) is 7.35. The van der Waals surface area contributed by atoms with Crippen LogP contribution in [0, 0.1) is 0 Å². The second kappa shape index (κ2) is 5.60. The van der Waals surface area contributed by atoms with Crippen molar-refractivity contribution in [1.29, 1.82) is 0 Å². The predicted octanol–water partition coefficient (Wildman–Crippen LogP) is 4.18. The third-order valence-electron chi connectivity index (χ3n) is 1.06. The van der Waals surface area contributed by atoms with Gasteiger partial charge in [-0.05, 0) is 6.42 Å². The zero-order valence-electron chi connectivity index (χ0n) is 7.69. The maximum atomic E-state index is 5.76. The van der Waals surface area contributed by atoms with Crippen molar-refractivity contribution >= 4 is 33.2 Å². The van der Waals surface area contributed by atoms with Crippen molar-refractivity contribution in [3.63, 3.8) is 0 Å². The van der Waals surface area contributed by atoms with Gasteiger partial charge in [-0.1, -0.05) is 49.3 Å². The molecule has 0 saturated carbocycles. The molecular weight excluding hydrogens is 196 g/mol. The Morgan fingerprint density at radius 1 is 1.36 bits per heavy atom. The lowest BCUT2D eigenvalue weighted by molar-refractivity contribution is 0.810. The second-order valence-corrected chi connectivity index (χ2v) is 7.11. The number of rotatable bonds is 4. The van der Waals surface area contributed by atoms with Crippen LogP contribution < -0.4 is 0 Å². The first-order valence-electron chi connectivity index (χ1n) is 3.90. The van der Waals surface area contributed by atoms with Crippen LogP contribution in [0.3, 0.4) is 0 Å². The van der Waals surface area contributed by atoms with Crippen LogP contribution in [0.4, 0.5) is 0 Å². The van der Waals surface area contributed by atoms with E-state index in [0.29, 0.717) is 10.00 Å². The van der Waals surface area contributed by atoms with Gasteiger partial charge in [-0.3, -0.25) is 0 Å². The van der Waals surface area contributed by atoms with Gasteiger partial charge in [0.05, 0.1) is 0 Å². The molecule has 68 valence electrons. The zero-order valence-corrected chi connectivity index (χ0v) is 10.1. The summed E-state index contributed by atoms with van der Waals surface area (Å²) in [5, 5.41) is 0.612. The molecule has 0 nitrogen and oxygen atoms in total. The molecule has 0 aliphatic heterocycles. The molecule has 0 amide bonds. The lowest BCUT2D eigenvalue weighted by atomic mass is 10.3. The van der Waals surface area contributed by atoms with Gasteiger partial charge in [0.2, 0.25) is 0 Å². The Morgan fingerprint density at radius 3 is 2.18 bits per heavy atom. The minimum Gasteiger partial charge on any atom is -0.125 e. The van der Waals surface area contributed by atoms with E-state index in [0.717, 1.165) is 12.3 Å². The van der Waals surface area contributed by atoms with E-state index in [9.17, 15) is 0 Å². The van der Waals surface area contributed by atoms with Crippen molar-refractivity contribution in [2.75, 3.05) is 5.88 Å². The van der Waals surface area contributed by atoms with Crippen molar-refractivity contribution < 1.29 is 0 Å². The molecule has 0 radical (unpaired) electrons. The van der Waals surface area contributed by atoms with E-state index in [1.807, 2.05) is 21.6 Å². The lowest BCUT2D eigenvalue weighted by Gasteiger charge is -2.19.